The highest BCUT2D eigenvalue weighted by molar-refractivity contribution is 7.14. The van der Waals surface area contributed by atoms with Gasteiger partial charge in [-0.25, -0.2) is 14.2 Å². The van der Waals surface area contributed by atoms with Crippen molar-refractivity contribution < 1.29 is 31.9 Å². The van der Waals surface area contributed by atoms with Gasteiger partial charge in [0.05, 0.1) is 22.0 Å². The van der Waals surface area contributed by atoms with Gasteiger partial charge < -0.3 is 4.74 Å². The van der Waals surface area contributed by atoms with E-state index in [0.29, 0.717) is 0 Å². The smallest absolute Gasteiger partial charge is 0.416 e. The second-order valence-electron chi connectivity index (χ2n) is 6.20. The minimum Gasteiger partial charge on any atom is -0.455 e. The minimum atomic E-state index is -4.57. The second kappa shape index (κ2) is 9.03. The molecule has 0 aliphatic heterocycles. The van der Waals surface area contributed by atoms with Crippen LogP contribution in [0.2, 0.25) is 5.02 Å². The predicted molar refractivity (Wildman–Crippen MR) is 107 cm³/mol. The van der Waals surface area contributed by atoms with Crippen LogP contribution in [0.3, 0.4) is 0 Å². The Morgan fingerprint density at radius 3 is 2.55 bits per heavy atom. The van der Waals surface area contributed by atoms with E-state index in [4.69, 9.17) is 16.3 Å². The number of ether oxygens (including phenoxy) is 1. The first-order chi connectivity index (χ1) is 14.6. The highest BCUT2D eigenvalue weighted by Crippen LogP contribution is 2.35. The van der Waals surface area contributed by atoms with Crippen molar-refractivity contribution in [2.24, 2.45) is 0 Å². The van der Waals surface area contributed by atoms with Crippen LogP contribution >= 0.6 is 22.9 Å². The molecule has 1 heterocycles. The fourth-order valence-corrected chi connectivity index (χ4v) is 3.73. The molecule has 31 heavy (non-hydrogen) atoms. The minimum absolute atomic E-state index is 0.0154. The number of hydrogen-bond donors (Lipinski definition) is 0. The Morgan fingerprint density at radius 2 is 1.90 bits per heavy atom. The number of amides is 1. The lowest BCUT2D eigenvalue weighted by Crippen LogP contribution is -2.23. The second-order valence-corrected chi connectivity index (χ2v) is 7.44. The number of nitrogens with zero attached hydrogens (tertiary/aromatic N) is 2. The summed E-state index contributed by atoms with van der Waals surface area (Å²) in [5.41, 5.74) is -1.13. The fourth-order valence-electron chi connectivity index (χ4n) is 2.62. The van der Waals surface area contributed by atoms with Crippen LogP contribution < -0.4 is 4.90 Å². The van der Waals surface area contributed by atoms with Crippen LogP contribution in [0.1, 0.15) is 28.5 Å². The molecule has 1 aromatic heterocycles. The number of carbonyl (C=O) groups is 2. The summed E-state index contributed by atoms with van der Waals surface area (Å²) < 4.78 is 57.9. The zero-order valence-electron chi connectivity index (χ0n) is 15.7. The van der Waals surface area contributed by atoms with E-state index in [0.717, 1.165) is 34.4 Å². The zero-order valence-corrected chi connectivity index (χ0v) is 17.3. The third kappa shape index (κ3) is 5.20. The molecular formula is C20H13ClF4N2O3S. The Balaban J connectivity index is 1.80. The molecule has 0 spiro atoms. The molecule has 0 aliphatic rings. The summed E-state index contributed by atoms with van der Waals surface area (Å²) in [6, 6.07) is 7.99. The molecule has 3 rings (SSSR count). The summed E-state index contributed by atoms with van der Waals surface area (Å²) in [5.74, 6) is -2.40. The molecule has 2 aromatic carbocycles. The molecule has 0 fully saturated rings. The van der Waals surface area contributed by atoms with Crippen molar-refractivity contribution >= 4 is 45.6 Å². The van der Waals surface area contributed by atoms with Gasteiger partial charge >= 0.3 is 12.1 Å². The van der Waals surface area contributed by atoms with Crippen molar-refractivity contribution in [3.05, 3.63) is 75.5 Å². The van der Waals surface area contributed by atoms with Gasteiger partial charge in [0, 0.05) is 12.3 Å². The number of carbonyl (C=O) groups excluding carboxylic acids is 2. The highest BCUT2D eigenvalue weighted by Gasteiger charge is 2.31. The van der Waals surface area contributed by atoms with E-state index >= 15 is 0 Å². The van der Waals surface area contributed by atoms with E-state index in [1.54, 1.807) is 0 Å². The van der Waals surface area contributed by atoms with Gasteiger partial charge in [0.1, 0.15) is 18.0 Å². The molecule has 0 saturated heterocycles. The van der Waals surface area contributed by atoms with E-state index in [-0.39, 0.29) is 28.1 Å². The molecule has 0 radical (unpaired) electrons. The van der Waals surface area contributed by atoms with Crippen molar-refractivity contribution in [2.45, 2.75) is 19.7 Å². The van der Waals surface area contributed by atoms with Crippen LogP contribution in [0.25, 0.3) is 0 Å². The summed E-state index contributed by atoms with van der Waals surface area (Å²) in [4.78, 5) is 29.4. The SMILES string of the molecule is CC(=O)N(c1cccc(C(F)(F)F)c1)c1nc(COC(=O)c2c(F)cccc2Cl)cs1. The first-order valence-electron chi connectivity index (χ1n) is 8.61. The Bertz CT molecular complexity index is 1110. The maximum Gasteiger partial charge on any atom is 0.416 e. The standard InChI is InChI=1S/C20H13ClF4N2O3S/c1-11(28)27(14-5-2-4-12(8-14)20(23,24)25)19-26-13(10-31-19)9-30-18(29)17-15(21)6-3-7-16(17)22/h2-8,10H,9H2,1H3. The third-order valence-electron chi connectivity index (χ3n) is 4.00. The van der Waals surface area contributed by atoms with Crippen molar-refractivity contribution in [2.75, 3.05) is 4.90 Å². The van der Waals surface area contributed by atoms with Crippen molar-refractivity contribution in [3.8, 4) is 0 Å². The summed E-state index contributed by atoms with van der Waals surface area (Å²) in [5, 5.41) is 1.44. The van der Waals surface area contributed by atoms with Crippen molar-refractivity contribution in [1.82, 2.24) is 4.98 Å². The zero-order chi connectivity index (χ0) is 22.8. The number of thiazole rings is 1. The first-order valence-corrected chi connectivity index (χ1v) is 9.87. The number of aromatic nitrogens is 1. The summed E-state index contributed by atoms with van der Waals surface area (Å²) in [6.45, 7) is 0.829. The molecule has 0 aliphatic carbocycles. The number of benzene rings is 2. The normalized spacial score (nSPS) is 11.3. The molecule has 0 atom stereocenters. The monoisotopic (exact) mass is 472 g/mol. The van der Waals surface area contributed by atoms with Gasteiger partial charge in [-0.15, -0.1) is 11.3 Å². The van der Waals surface area contributed by atoms with Crippen molar-refractivity contribution in [3.63, 3.8) is 0 Å². The highest BCUT2D eigenvalue weighted by atomic mass is 35.5. The number of esters is 1. The largest absolute Gasteiger partial charge is 0.455 e. The van der Waals surface area contributed by atoms with Gasteiger partial charge in [0.25, 0.3) is 0 Å². The molecule has 0 saturated carbocycles. The van der Waals surface area contributed by atoms with Crippen LogP contribution in [0.5, 0.6) is 0 Å². The Labute approximate surface area is 182 Å². The van der Waals surface area contributed by atoms with E-state index in [1.807, 2.05) is 0 Å². The van der Waals surface area contributed by atoms with Crippen LogP contribution in [-0.4, -0.2) is 16.9 Å². The van der Waals surface area contributed by atoms with Crippen LogP contribution in [0.4, 0.5) is 28.4 Å². The Hall–Kier alpha value is -2.98. The summed E-state index contributed by atoms with van der Waals surface area (Å²) in [6.07, 6.45) is -4.57. The quantitative estimate of drug-likeness (QED) is 0.338. The average Bonchev–Trinajstić information content (AvgIpc) is 3.14. The number of alkyl halides is 3. The third-order valence-corrected chi connectivity index (χ3v) is 5.19. The lowest BCUT2D eigenvalue weighted by atomic mass is 10.2. The van der Waals surface area contributed by atoms with E-state index in [2.05, 4.69) is 4.98 Å². The maximum absolute atomic E-state index is 13.8. The number of halogens is 5. The molecule has 0 unspecified atom stereocenters. The topological polar surface area (TPSA) is 59.5 Å². The summed E-state index contributed by atoms with van der Waals surface area (Å²) >= 11 is 6.79. The molecular weight excluding hydrogens is 460 g/mol. The van der Waals surface area contributed by atoms with Crippen LogP contribution in [0, 0.1) is 5.82 Å². The van der Waals surface area contributed by atoms with Crippen LogP contribution in [-0.2, 0) is 22.3 Å². The van der Waals surface area contributed by atoms with Gasteiger partial charge in [-0.1, -0.05) is 23.7 Å². The molecule has 1 amide bonds. The predicted octanol–water partition coefficient (Wildman–Crippen LogP) is 6.00. The Morgan fingerprint density at radius 1 is 1.19 bits per heavy atom. The van der Waals surface area contributed by atoms with Gasteiger partial charge in [0.15, 0.2) is 5.13 Å². The summed E-state index contributed by atoms with van der Waals surface area (Å²) in [7, 11) is 0. The first kappa shape index (κ1) is 22.7. The lowest BCUT2D eigenvalue weighted by molar-refractivity contribution is -0.137. The van der Waals surface area contributed by atoms with Gasteiger partial charge in [-0.05, 0) is 30.3 Å². The number of hydrogen-bond acceptors (Lipinski definition) is 5. The maximum atomic E-state index is 13.8. The van der Waals surface area contributed by atoms with Crippen molar-refractivity contribution in [1.29, 1.82) is 0 Å². The molecule has 162 valence electrons. The van der Waals surface area contributed by atoms with E-state index in [9.17, 15) is 27.2 Å². The van der Waals surface area contributed by atoms with Gasteiger partial charge in [0.2, 0.25) is 5.91 Å². The molecule has 0 N–H and O–H groups in total. The Kier molecular flexibility index (Phi) is 6.61. The molecule has 5 nitrogen and oxygen atoms in total. The number of anilines is 2. The van der Waals surface area contributed by atoms with Gasteiger partial charge in [-0.3, -0.25) is 9.69 Å². The average molecular weight is 473 g/mol. The van der Waals surface area contributed by atoms with Gasteiger partial charge in [-0.2, -0.15) is 13.2 Å². The fraction of sp³-hybridized carbons (Fsp3) is 0.150. The molecule has 0 bridgehead atoms. The van der Waals surface area contributed by atoms with E-state index < -0.39 is 35.0 Å². The molecule has 11 heteroatoms. The van der Waals surface area contributed by atoms with E-state index in [1.165, 1.54) is 36.6 Å². The molecule has 3 aromatic rings. The van der Waals surface area contributed by atoms with Crippen LogP contribution in [0.15, 0.2) is 47.8 Å². The lowest BCUT2D eigenvalue weighted by Gasteiger charge is -2.19. The number of rotatable bonds is 5.